The van der Waals surface area contributed by atoms with Crippen LogP contribution in [0.15, 0.2) is 53.4 Å². The van der Waals surface area contributed by atoms with Crippen molar-refractivity contribution >= 4 is 27.3 Å². The number of nitrogens with one attached hydrogen (secondary N) is 1. The first-order valence-corrected chi connectivity index (χ1v) is 8.99. The maximum atomic E-state index is 12.1. The number of benzene rings is 2. The summed E-state index contributed by atoms with van der Waals surface area (Å²) in [6.45, 7) is -0.447. The zero-order valence-electron chi connectivity index (χ0n) is 14.5. The topological polar surface area (TPSA) is 128 Å². The molecule has 0 bridgehead atoms. The molecule has 0 atom stereocenters. The largest absolute Gasteiger partial charge is 0.477 e. The molecular weight excluding hydrogens is 378 g/mol. The number of hydrogen-bond acceptors (Lipinski definition) is 7. The molecule has 144 valence electrons. The normalized spacial score (nSPS) is 11.2. The number of nitrogens with zero attached hydrogens (tertiary/aromatic N) is 2. The van der Waals surface area contributed by atoms with Gasteiger partial charge in [-0.15, -0.1) is 0 Å². The molecule has 0 saturated carbocycles. The van der Waals surface area contributed by atoms with Crippen LogP contribution in [0.1, 0.15) is 0 Å². The fourth-order valence-electron chi connectivity index (χ4n) is 2.03. The number of nitro groups is 1. The van der Waals surface area contributed by atoms with Crippen molar-refractivity contribution in [2.75, 3.05) is 26.1 Å². The van der Waals surface area contributed by atoms with Crippen molar-refractivity contribution in [1.82, 2.24) is 4.47 Å². The molecule has 10 nitrogen and oxygen atoms in total. The lowest BCUT2D eigenvalue weighted by Crippen LogP contribution is -2.25. The van der Waals surface area contributed by atoms with E-state index >= 15 is 0 Å². The zero-order valence-corrected chi connectivity index (χ0v) is 15.3. The molecule has 0 aliphatic rings. The fraction of sp³-hybridized carbons (Fsp3) is 0.188. The van der Waals surface area contributed by atoms with Crippen molar-refractivity contribution in [1.29, 1.82) is 0 Å². The smallest absolute Gasteiger partial charge is 0.310 e. The molecule has 0 aliphatic heterocycles. The third kappa shape index (κ3) is 5.00. The molecule has 1 N–H and O–H groups in total. The molecule has 1 amide bonds. The lowest BCUT2D eigenvalue weighted by molar-refractivity contribution is -0.385. The van der Waals surface area contributed by atoms with Crippen LogP contribution in [0, 0.1) is 10.1 Å². The highest BCUT2D eigenvalue weighted by molar-refractivity contribution is 7.89. The number of hydroxylamine groups is 1. The Labute approximate surface area is 155 Å². The first-order chi connectivity index (χ1) is 12.8. The Morgan fingerprint density at radius 3 is 2.41 bits per heavy atom. The highest BCUT2D eigenvalue weighted by atomic mass is 32.2. The lowest BCUT2D eigenvalue weighted by atomic mass is 10.3. The van der Waals surface area contributed by atoms with Crippen LogP contribution < -0.4 is 10.1 Å². The van der Waals surface area contributed by atoms with Gasteiger partial charge in [0.05, 0.1) is 16.9 Å². The summed E-state index contributed by atoms with van der Waals surface area (Å²) < 4.78 is 30.1. The van der Waals surface area contributed by atoms with Gasteiger partial charge in [-0.2, -0.15) is 0 Å². The van der Waals surface area contributed by atoms with E-state index in [0.717, 1.165) is 0 Å². The van der Waals surface area contributed by atoms with E-state index < -0.39 is 27.5 Å². The molecule has 0 heterocycles. The van der Waals surface area contributed by atoms with E-state index in [2.05, 4.69) is 10.2 Å². The zero-order chi connectivity index (χ0) is 20.0. The first kappa shape index (κ1) is 20.3. The van der Waals surface area contributed by atoms with Gasteiger partial charge in [-0.1, -0.05) is 16.6 Å². The number of ether oxygens (including phenoxy) is 1. The van der Waals surface area contributed by atoms with Crippen molar-refractivity contribution in [2.45, 2.75) is 4.90 Å². The molecule has 0 unspecified atom stereocenters. The number of rotatable bonds is 8. The van der Waals surface area contributed by atoms with Crippen LogP contribution in [-0.4, -0.2) is 44.5 Å². The maximum Gasteiger partial charge on any atom is 0.310 e. The van der Waals surface area contributed by atoms with Gasteiger partial charge in [-0.25, -0.2) is 8.42 Å². The number of carbonyl (C=O) groups excluding carboxylic acids is 1. The summed E-state index contributed by atoms with van der Waals surface area (Å²) in [5.41, 5.74) is 0.0901. The molecule has 0 aliphatic carbocycles. The SMILES string of the molecule is CON(C)S(=O)(=O)c1ccc(NC(=O)COc2ccccc2[N+](=O)[O-])cc1. The molecule has 0 aromatic heterocycles. The van der Waals surface area contributed by atoms with E-state index in [1.165, 1.54) is 56.6 Å². The van der Waals surface area contributed by atoms with Gasteiger partial charge >= 0.3 is 5.69 Å². The monoisotopic (exact) mass is 395 g/mol. The first-order valence-electron chi connectivity index (χ1n) is 7.55. The second-order valence-corrected chi connectivity index (χ2v) is 7.12. The van der Waals surface area contributed by atoms with E-state index in [9.17, 15) is 23.3 Å². The van der Waals surface area contributed by atoms with Crippen LogP contribution in [0.4, 0.5) is 11.4 Å². The minimum atomic E-state index is -3.78. The maximum absolute atomic E-state index is 12.1. The van der Waals surface area contributed by atoms with Crippen molar-refractivity contribution in [2.24, 2.45) is 0 Å². The Bertz CT molecular complexity index is 929. The van der Waals surface area contributed by atoms with E-state index in [1.54, 1.807) is 6.07 Å². The predicted molar refractivity (Wildman–Crippen MR) is 95.6 cm³/mol. The van der Waals surface area contributed by atoms with Crippen LogP contribution in [-0.2, 0) is 19.7 Å². The van der Waals surface area contributed by atoms with Crippen molar-refractivity contribution in [3.8, 4) is 5.75 Å². The number of para-hydroxylation sites is 2. The number of nitro benzene ring substituents is 1. The Morgan fingerprint density at radius 1 is 1.19 bits per heavy atom. The molecular formula is C16H17N3O7S. The predicted octanol–water partition coefficient (Wildman–Crippen LogP) is 1.79. The van der Waals surface area contributed by atoms with Crippen LogP contribution >= 0.6 is 0 Å². The fourth-order valence-corrected chi connectivity index (χ4v) is 3.00. The van der Waals surface area contributed by atoms with E-state index in [1.807, 2.05) is 0 Å². The quantitative estimate of drug-likeness (QED) is 0.533. The number of carbonyl (C=O) groups is 1. The average molecular weight is 395 g/mol. The van der Waals surface area contributed by atoms with Crippen LogP contribution in [0.5, 0.6) is 5.75 Å². The third-order valence-corrected chi connectivity index (χ3v) is 5.15. The summed E-state index contributed by atoms with van der Waals surface area (Å²) in [4.78, 5) is 26.9. The second kappa shape index (κ2) is 8.58. The van der Waals surface area contributed by atoms with Crippen molar-refractivity contribution < 1.29 is 27.7 Å². The van der Waals surface area contributed by atoms with Gasteiger partial charge in [0, 0.05) is 18.8 Å². The van der Waals surface area contributed by atoms with Crippen molar-refractivity contribution in [3.63, 3.8) is 0 Å². The average Bonchev–Trinajstić information content (AvgIpc) is 2.66. The molecule has 0 saturated heterocycles. The van der Waals surface area contributed by atoms with Crippen molar-refractivity contribution in [3.05, 3.63) is 58.6 Å². The molecule has 0 fully saturated rings. The summed E-state index contributed by atoms with van der Waals surface area (Å²) in [6, 6.07) is 11.1. The molecule has 11 heteroatoms. The summed E-state index contributed by atoms with van der Waals surface area (Å²) in [7, 11) is -1.30. The standard InChI is InChI=1S/C16H17N3O7S/c1-18(25-2)27(23,24)13-9-7-12(8-10-13)17-16(20)11-26-15-6-4-3-5-14(15)19(21)22/h3-10H,11H2,1-2H3,(H,17,20). The molecule has 27 heavy (non-hydrogen) atoms. The van der Waals surface area contributed by atoms with Gasteiger partial charge in [-0.3, -0.25) is 19.7 Å². The lowest BCUT2D eigenvalue weighted by Gasteiger charge is -2.14. The summed E-state index contributed by atoms with van der Waals surface area (Å²) in [6.07, 6.45) is 0. The minimum absolute atomic E-state index is 0.0130. The molecule has 2 aromatic carbocycles. The number of hydrogen-bond donors (Lipinski definition) is 1. The van der Waals surface area contributed by atoms with Gasteiger partial charge in [-0.05, 0) is 30.3 Å². The molecule has 0 radical (unpaired) electrons. The Kier molecular flexibility index (Phi) is 6.45. The van der Waals surface area contributed by atoms with Gasteiger partial charge in [0.25, 0.3) is 15.9 Å². The van der Waals surface area contributed by atoms with E-state index in [4.69, 9.17) is 4.74 Å². The summed E-state index contributed by atoms with van der Waals surface area (Å²) in [5.74, 6) is -0.584. The van der Waals surface area contributed by atoms with Crippen LogP contribution in [0.25, 0.3) is 0 Å². The minimum Gasteiger partial charge on any atom is -0.477 e. The molecule has 0 spiro atoms. The number of amides is 1. The Morgan fingerprint density at radius 2 is 1.81 bits per heavy atom. The van der Waals surface area contributed by atoms with Gasteiger partial charge < -0.3 is 10.1 Å². The van der Waals surface area contributed by atoms with Gasteiger partial charge in [0.2, 0.25) is 0 Å². The van der Waals surface area contributed by atoms with Crippen LogP contribution in [0.2, 0.25) is 0 Å². The van der Waals surface area contributed by atoms with E-state index in [0.29, 0.717) is 10.2 Å². The Hall–Kier alpha value is -3.02. The molecule has 2 aromatic rings. The highest BCUT2D eigenvalue weighted by Crippen LogP contribution is 2.25. The number of anilines is 1. The number of sulfonamides is 1. The Balaban J connectivity index is 2.00. The van der Waals surface area contributed by atoms with Gasteiger partial charge in [0.15, 0.2) is 12.4 Å². The summed E-state index contributed by atoms with van der Waals surface area (Å²) in [5, 5.41) is 13.4. The van der Waals surface area contributed by atoms with Gasteiger partial charge in [0.1, 0.15) is 0 Å². The third-order valence-electron chi connectivity index (χ3n) is 3.45. The van der Waals surface area contributed by atoms with Crippen LogP contribution in [0.3, 0.4) is 0 Å². The second-order valence-electron chi connectivity index (χ2n) is 5.18. The molecule has 2 rings (SSSR count). The summed E-state index contributed by atoms with van der Waals surface area (Å²) >= 11 is 0. The van der Waals surface area contributed by atoms with E-state index in [-0.39, 0.29) is 16.3 Å². The highest BCUT2D eigenvalue weighted by Gasteiger charge is 2.20.